The van der Waals surface area contributed by atoms with Gasteiger partial charge in [-0.15, -0.1) is 0 Å². The van der Waals surface area contributed by atoms with Crippen LogP contribution in [0.3, 0.4) is 0 Å². The summed E-state index contributed by atoms with van der Waals surface area (Å²) in [7, 11) is 0. The minimum Gasteiger partial charge on any atom is -0.480 e. The van der Waals surface area contributed by atoms with Crippen molar-refractivity contribution in [2.45, 2.75) is 43.9 Å². The number of carboxylic acid groups (broad SMARTS) is 1. The van der Waals surface area contributed by atoms with Gasteiger partial charge in [0, 0.05) is 6.61 Å². The van der Waals surface area contributed by atoms with Gasteiger partial charge in [0.1, 0.15) is 12.6 Å². The maximum absolute atomic E-state index is 12.1. The van der Waals surface area contributed by atoms with E-state index >= 15 is 0 Å². The minimum absolute atomic E-state index is 0.119. The molecule has 3 rings (SSSR count). The Morgan fingerprint density at radius 2 is 2.04 bits per heavy atom. The zero-order valence-electron chi connectivity index (χ0n) is 14.7. The van der Waals surface area contributed by atoms with Crippen LogP contribution in [0.1, 0.15) is 31.2 Å². The number of thioether (sulfide) groups is 1. The highest BCUT2D eigenvalue weighted by Crippen LogP contribution is 2.40. The highest BCUT2D eigenvalue weighted by molar-refractivity contribution is 7.99. The van der Waals surface area contributed by atoms with Crippen molar-refractivity contribution in [1.82, 2.24) is 5.32 Å². The fraction of sp³-hybridized carbons (Fsp3) is 0.579. The molecule has 0 radical (unpaired) electrons. The first-order valence-electron chi connectivity index (χ1n) is 9.00. The van der Waals surface area contributed by atoms with Gasteiger partial charge in [-0.1, -0.05) is 30.3 Å². The summed E-state index contributed by atoms with van der Waals surface area (Å²) >= 11 is 1.91. The van der Waals surface area contributed by atoms with E-state index in [0.717, 1.165) is 29.9 Å². The summed E-state index contributed by atoms with van der Waals surface area (Å²) in [5.74, 6) is 0.913. The molecule has 26 heavy (non-hydrogen) atoms. The third-order valence-electron chi connectivity index (χ3n) is 5.16. The molecule has 2 aliphatic heterocycles. The van der Waals surface area contributed by atoms with E-state index in [1.165, 1.54) is 0 Å². The molecule has 2 heterocycles. The second kappa shape index (κ2) is 8.77. The van der Waals surface area contributed by atoms with Crippen LogP contribution in [-0.4, -0.2) is 46.9 Å². The molecule has 0 aliphatic carbocycles. The molecule has 2 aliphatic rings. The molecule has 2 N–H and O–H groups in total. The Morgan fingerprint density at radius 3 is 2.73 bits per heavy atom. The van der Waals surface area contributed by atoms with Crippen LogP contribution in [0.15, 0.2) is 30.3 Å². The molecule has 6 nitrogen and oxygen atoms in total. The van der Waals surface area contributed by atoms with Crippen LogP contribution in [0.5, 0.6) is 0 Å². The van der Waals surface area contributed by atoms with Gasteiger partial charge in [0.2, 0.25) is 0 Å². The van der Waals surface area contributed by atoms with Crippen LogP contribution in [0, 0.1) is 5.92 Å². The number of alkyl carbamates (subject to hydrolysis) is 1. The number of nitrogens with one attached hydrogen (secondary N) is 1. The zero-order valence-corrected chi connectivity index (χ0v) is 15.5. The average Bonchev–Trinajstić information content (AvgIpc) is 2.66. The quantitative estimate of drug-likeness (QED) is 0.818. The molecule has 2 fully saturated rings. The SMILES string of the molecule is O=C(NC(C(=O)O)C1CCOC2(CCSCC2)C1)OCc1ccccc1. The Hall–Kier alpha value is -1.73. The van der Waals surface area contributed by atoms with Gasteiger partial charge in [-0.2, -0.15) is 11.8 Å². The lowest BCUT2D eigenvalue weighted by Gasteiger charge is -2.44. The summed E-state index contributed by atoms with van der Waals surface area (Å²) in [6.45, 7) is 0.661. The zero-order chi connectivity index (χ0) is 18.4. The van der Waals surface area contributed by atoms with Gasteiger partial charge in [0.05, 0.1) is 5.60 Å². The molecule has 142 valence electrons. The molecule has 2 atom stereocenters. The Morgan fingerprint density at radius 1 is 1.31 bits per heavy atom. The molecule has 0 aromatic heterocycles. The summed E-state index contributed by atoms with van der Waals surface area (Å²) < 4.78 is 11.2. The number of carbonyl (C=O) groups excluding carboxylic acids is 1. The van der Waals surface area contributed by atoms with E-state index in [2.05, 4.69) is 5.32 Å². The Balaban J connectivity index is 1.57. The number of aliphatic carboxylic acids is 1. The van der Waals surface area contributed by atoms with E-state index in [1.54, 1.807) is 0 Å². The van der Waals surface area contributed by atoms with Gasteiger partial charge >= 0.3 is 12.1 Å². The van der Waals surface area contributed by atoms with E-state index < -0.39 is 18.1 Å². The lowest BCUT2D eigenvalue weighted by atomic mass is 9.78. The van der Waals surface area contributed by atoms with Crippen molar-refractivity contribution < 1.29 is 24.2 Å². The van der Waals surface area contributed by atoms with Crippen LogP contribution < -0.4 is 5.32 Å². The second-order valence-corrected chi connectivity index (χ2v) is 8.14. The van der Waals surface area contributed by atoms with Gasteiger partial charge in [-0.3, -0.25) is 0 Å². The standard InChI is InChI=1S/C19H25NO5S/c21-17(22)16(20-18(23)24-13-14-4-2-1-3-5-14)15-6-9-25-19(12-15)7-10-26-11-8-19/h1-5,15-16H,6-13H2,(H,20,23)(H,21,22). The van der Waals surface area contributed by atoms with E-state index in [4.69, 9.17) is 9.47 Å². The lowest BCUT2D eigenvalue weighted by Crippen LogP contribution is -2.52. The van der Waals surface area contributed by atoms with Crippen molar-refractivity contribution in [2.75, 3.05) is 18.1 Å². The fourth-order valence-electron chi connectivity index (χ4n) is 3.71. The van der Waals surface area contributed by atoms with Crippen molar-refractivity contribution in [2.24, 2.45) is 5.92 Å². The number of hydrogen-bond acceptors (Lipinski definition) is 5. The summed E-state index contributed by atoms with van der Waals surface area (Å²) in [6.07, 6.45) is 2.49. The molecule has 7 heteroatoms. The van der Waals surface area contributed by atoms with Gasteiger partial charge < -0.3 is 19.9 Å². The van der Waals surface area contributed by atoms with Crippen LogP contribution in [-0.2, 0) is 20.9 Å². The number of carboxylic acids is 1. The maximum Gasteiger partial charge on any atom is 0.408 e. The number of carbonyl (C=O) groups is 2. The first-order chi connectivity index (χ1) is 12.6. The van der Waals surface area contributed by atoms with Gasteiger partial charge in [0.25, 0.3) is 0 Å². The number of benzene rings is 1. The predicted octanol–water partition coefficient (Wildman–Crippen LogP) is 3.06. The van der Waals surface area contributed by atoms with E-state index in [0.29, 0.717) is 19.4 Å². The molecular weight excluding hydrogens is 354 g/mol. The van der Waals surface area contributed by atoms with Crippen molar-refractivity contribution in [3.63, 3.8) is 0 Å². The molecule has 2 unspecified atom stereocenters. The molecule has 1 amide bonds. The number of hydrogen-bond donors (Lipinski definition) is 2. The first-order valence-corrected chi connectivity index (χ1v) is 10.2. The summed E-state index contributed by atoms with van der Waals surface area (Å²) in [4.78, 5) is 23.9. The monoisotopic (exact) mass is 379 g/mol. The van der Waals surface area contributed by atoms with Gasteiger partial charge in [0.15, 0.2) is 0 Å². The Bertz CT molecular complexity index is 612. The summed E-state index contributed by atoms with van der Waals surface area (Å²) in [5, 5.41) is 12.2. The van der Waals surface area contributed by atoms with Gasteiger partial charge in [-0.25, -0.2) is 9.59 Å². The highest BCUT2D eigenvalue weighted by atomic mass is 32.2. The van der Waals surface area contributed by atoms with Gasteiger partial charge in [-0.05, 0) is 48.7 Å². The molecular formula is C19H25NO5S. The molecule has 2 saturated heterocycles. The van der Waals surface area contributed by atoms with E-state index in [9.17, 15) is 14.7 Å². The Labute approximate surface area is 157 Å². The minimum atomic E-state index is -1.02. The van der Waals surface area contributed by atoms with Crippen LogP contribution in [0.25, 0.3) is 0 Å². The summed E-state index contributed by atoms with van der Waals surface area (Å²) in [5.41, 5.74) is 0.636. The molecule has 0 bridgehead atoms. The lowest BCUT2D eigenvalue weighted by molar-refractivity contribution is -0.146. The fourth-order valence-corrected chi connectivity index (χ4v) is 4.95. The molecule has 1 aromatic rings. The van der Waals surface area contributed by atoms with Crippen LogP contribution in [0.2, 0.25) is 0 Å². The third-order valence-corrected chi connectivity index (χ3v) is 6.14. The third kappa shape index (κ3) is 4.92. The molecule has 0 saturated carbocycles. The number of rotatable bonds is 5. The predicted molar refractivity (Wildman–Crippen MR) is 99.2 cm³/mol. The molecule has 1 aromatic carbocycles. The molecule has 1 spiro atoms. The highest BCUT2D eigenvalue weighted by Gasteiger charge is 2.43. The first kappa shape index (κ1) is 19.0. The normalized spacial score (nSPS) is 23.2. The van der Waals surface area contributed by atoms with E-state index in [1.807, 2.05) is 42.1 Å². The Kier molecular flexibility index (Phi) is 6.43. The van der Waals surface area contributed by atoms with Crippen molar-refractivity contribution >= 4 is 23.8 Å². The largest absolute Gasteiger partial charge is 0.480 e. The average molecular weight is 379 g/mol. The topological polar surface area (TPSA) is 84.9 Å². The van der Waals surface area contributed by atoms with Crippen molar-refractivity contribution in [1.29, 1.82) is 0 Å². The smallest absolute Gasteiger partial charge is 0.408 e. The number of ether oxygens (including phenoxy) is 2. The van der Waals surface area contributed by atoms with E-state index in [-0.39, 0.29) is 18.1 Å². The van der Waals surface area contributed by atoms with Crippen LogP contribution >= 0.6 is 11.8 Å². The van der Waals surface area contributed by atoms with Crippen molar-refractivity contribution in [3.05, 3.63) is 35.9 Å². The van der Waals surface area contributed by atoms with Crippen molar-refractivity contribution in [3.8, 4) is 0 Å². The second-order valence-electron chi connectivity index (χ2n) is 6.92. The van der Waals surface area contributed by atoms with Crippen LogP contribution in [0.4, 0.5) is 4.79 Å². The maximum atomic E-state index is 12.1. The summed E-state index contributed by atoms with van der Waals surface area (Å²) in [6, 6.07) is 8.36. The number of amides is 1.